The van der Waals surface area contributed by atoms with Crippen molar-refractivity contribution in [2.45, 2.75) is 25.8 Å². The summed E-state index contributed by atoms with van der Waals surface area (Å²) in [6.07, 6.45) is 4.57. The van der Waals surface area contributed by atoms with Crippen LogP contribution >= 0.6 is 0 Å². The quantitative estimate of drug-likeness (QED) is 0.715. The lowest BCUT2D eigenvalue weighted by Crippen LogP contribution is -2.27. The van der Waals surface area contributed by atoms with Crippen LogP contribution in [0.3, 0.4) is 0 Å². The van der Waals surface area contributed by atoms with Gasteiger partial charge in [-0.3, -0.25) is 4.79 Å². The highest BCUT2D eigenvalue weighted by Gasteiger charge is 2.11. The van der Waals surface area contributed by atoms with Crippen LogP contribution in [0.15, 0.2) is 36.7 Å². The maximum absolute atomic E-state index is 11.8. The summed E-state index contributed by atoms with van der Waals surface area (Å²) in [5.41, 5.74) is 7.46. The Hall–Kier alpha value is -2.30. The zero-order valence-electron chi connectivity index (χ0n) is 10.9. The second kappa shape index (κ2) is 6.04. The first-order valence-electron chi connectivity index (χ1n) is 6.28. The van der Waals surface area contributed by atoms with E-state index in [0.717, 1.165) is 17.1 Å². The van der Waals surface area contributed by atoms with Crippen LogP contribution in [-0.2, 0) is 11.2 Å². The van der Waals surface area contributed by atoms with Crippen molar-refractivity contribution in [3.63, 3.8) is 0 Å². The Labute approximate surface area is 112 Å². The van der Waals surface area contributed by atoms with Gasteiger partial charge in [-0.25, -0.2) is 4.98 Å². The van der Waals surface area contributed by atoms with E-state index in [1.165, 1.54) is 0 Å². The van der Waals surface area contributed by atoms with Crippen LogP contribution in [0.5, 0.6) is 0 Å². The molecule has 100 valence electrons. The summed E-state index contributed by atoms with van der Waals surface area (Å²) in [5.74, 6) is 0.779. The molecule has 1 atom stereocenters. The maximum Gasteiger partial charge on any atom is 0.220 e. The predicted molar refractivity (Wildman–Crippen MR) is 74.3 cm³/mol. The van der Waals surface area contributed by atoms with E-state index in [9.17, 15) is 4.79 Å². The van der Waals surface area contributed by atoms with Gasteiger partial charge in [-0.15, -0.1) is 0 Å². The Morgan fingerprint density at radius 3 is 2.79 bits per heavy atom. The number of benzene rings is 1. The number of hydrogen-bond donors (Lipinski definition) is 3. The summed E-state index contributed by atoms with van der Waals surface area (Å²) in [6, 6.07) is 7.48. The van der Waals surface area contributed by atoms with Crippen molar-refractivity contribution in [1.82, 2.24) is 15.3 Å². The van der Waals surface area contributed by atoms with Crippen LogP contribution in [0.2, 0.25) is 0 Å². The van der Waals surface area contributed by atoms with Crippen LogP contribution in [0, 0.1) is 0 Å². The number of nitrogens with one attached hydrogen (secondary N) is 2. The molecule has 0 spiro atoms. The largest absolute Gasteiger partial charge is 0.399 e. The van der Waals surface area contributed by atoms with E-state index in [2.05, 4.69) is 15.3 Å². The van der Waals surface area contributed by atoms with Crippen molar-refractivity contribution in [3.8, 4) is 0 Å². The van der Waals surface area contributed by atoms with Gasteiger partial charge in [0.2, 0.25) is 5.91 Å². The Bertz CT molecular complexity index is 519. The second-order valence-corrected chi connectivity index (χ2v) is 4.51. The lowest BCUT2D eigenvalue weighted by Gasteiger charge is -2.11. The number of aryl methyl sites for hydroxylation is 1. The van der Waals surface area contributed by atoms with Gasteiger partial charge in [0.15, 0.2) is 0 Å². The monoisotopic (exact) mass is 258 g/mol. The molecule has 0 bridgehead atoms. The summed E-state index contributed by atoms with van der Waals surface area (Å²) >= 11 is 0. The molecule has 1 amide bonds. The number of aromatic amines is 1. The Morgan fingerprint density at radius 2 is 2.16 bits per heavy atom. The minimum Gasteiger partial charge on any atom is -0.399 e. The number of nitrogens with zero attached hydrogens (tertiary/aromatic N) is 1. The lowest BCUT2D eigenvalue weighted by molar-refractivity contribution is -0.121. The molecule has 1 aromatic heterocycles. The first-order valence-corrected chi connectivity index (χ1v) is 6.28. The topological polar surface area (TPSA) is 83.8 Å². The molecule has 19 heavy (non-hydrogen) atoms. The molecule has 1 heterocycles. The fourth-order valence-electron chi connectivity index (χ4n) is 1.84. The third-order valence-corrected chi connectivity index (χ3v) is 2.93. The molecule has 1 aromatic carbocycles. The molecule has 5 heteroatoms. The number of amides is 1. The summed E-state index contributed by atoms with van der Waals surface area (Å²) in [6.45, 7) is 1.90. The number of rotatable bonds is 5. The average Bonchev–Trinajstić information content (AvgIpc) is 2.92. The van der Waals surface area contributed by atoms with Crippen molar-refractivity contribution < 1.29 is 4.79 Å². The van der Waals surface area contributed by atoms with E-state index in [1.807, 2.05) is 31.2 Å². The number of H-pyrrole nitrogens is 1. The summed E-state index contributed by atoms with van der Waals surface area (Å²) < 4.78 is 0. The predicted octanol–water partition coefficient (Wildman–Crippen LogP) is 1.80. The van der Waals surface area contributed by atoms with Crippen LogP contribution < -0.4 is 11.1 Å². The van der Waals surface area contributed by atoms with Crippen LogP contribution in [0.25, 0.3) is 0 Å². The number of nitrogen functional groups attached to an aromatic ring is 1. The number of aromatic nitrogens is 2. The smallest absolute Gasteiger partial charge is 0.220 e. The van der Waals surface area contributed by atoms with Gasteiger partial charge in [-0.2, -0.15) is 0 Å². The zero-order valence-corrected chi connectivity index (χ0v) is 10.9. The van der Waals surface area contributed by atoms with Gasteiger partial charge in [0.25, 0.3) is 0 Å². The van der Waals surface area contributed by atoms with Gasteiger partial charge in [0.05, 0.1) is 6.04 Å². The molecule has 0 aliphatic heterocycles. The second-order valence-electron chi connectivity index (χ2n) is 4.51. The summed E-state index contributed by atoms with van der Waals surface area (Å²) in [5, 5.41) is 2.91. The number of carbonyl (C=O) groups is 1. The fourth-order valence-corrected chi connectivity index (χ4v) is 1.84. The van der Waals surface area contributed by atoms with Crippen molar-refractivity contribution in [1.29, 1.82) is 0 Å². The average molecular weight is 258 g/mol. The molecule has 0 aliphatic rings. The minimum atomic E-state index is -0.103. The molecule has 0 radical (unpaired) electrons. The molecule has 0 aliphatic carbocycles. The molecule has 4 N–H and O–H groups in total. The summed E-state index contributed by atoms with van der Waals surface area (Å²) in [7, 11) is 0. The van der Waals surface area contributed by atoms with E-state index < -0.39 is 0 Å². The van der Waals surface area contributed by atoms with E-state index in [0.29, 0.717) is 12.8 Å². The molecule has 5 nitrogen and oxygen atoms in total. The van der Waals surface area contributed by atoms with Gasteiger partial charge >= 0.3 is 0 Å². The third-order valence-electron chi connectivity index (χ3n) is 2.93. The number of hydrogen-bond acceptors (Lipinski definition) is 3. The van der Waals surface area contributed by atoms with E-state index in [4.69, 9.17) is 5.73 Å². The van der Waals surface area contributed by atoms with Crippen molar-refractivity contribution in [2.75, 3.05) is 5.73 Å². The molecule has 0 saturated carbocycles. The third kappa shape index (κ3) is 3.84. The number of carbonyl (C=O) groups excluding carboxylic acids is 1. The molecule has 2 aromatic rings. The molecule has 1 unspecified atom stereocenters. The number of imidazole rings is 1. The Morgan fingerprint density at radius 1 is 1.42 bits per heavy atom. The van der Waals surface area contributed by atoms with Crippen LogP contribution in [0.1, 0.15) is 30.8 Å². The SMILES string of the molecule is CC(NC(=O)CCc1ccc(N)cc1)c1ncc[nH]1. The standard InChI is InChI=1S/C14H18N4O/c1-10(14-16-8-9-17-14)18-13(19)7-4-11-2-5-12(15)6-3-11/h2-3,5-6,8-10H,4,7,15H2,1H3,(H,16,17)(H,18,19). The number of nitrogens with two attached hydrogens (primary N) is 1. The van der Waals surface area contributed by atoms with Gasteiger partial charge < -0.3 is 16.0 Å². The Balaban J connectivity index is 1.80. The van der Waals surface area contributed by atoms with E-state index in [1.54, 1.807) is 12.4 Å². The molecule has 0 fully saturated rings. The lowest BCUT2D eigenvalue weighted by atomic mass is 10.1. The maximum atomic E-state index is 11.8. The fraction of sp³-hybridized carbons (Fsp3) is 0.286. The molecular formula is C14H18N4O. The van der Waals surface area contributed by atoms with Crippen molar-refractivity contribution in [3.05, 3.63) is 48.0 Å². The first kappa shape index (κ1) is 13.1. The van der Waals surface area contributed by atoms with Gasteiger partial charge in [-0.05, 0) is 31.0 Å². The van der Waals surface area contributed by atoms with Crippen LogP contribution in [-0.4, -0.2) is 15.9 Å². The summed E-state index contributed by atoms with van der Waals surface area (Å²) in [4.78, 5) is 18.9. The normalized spacial score (nSPS) is 12.1. The highest BCUT2D eigenvalue weighted by atomic mass is 16.1. The molecule has 0 saturated heterocycles. The Kier molecular flexibility index (Phi) is 4.18. The van der Waals surface area contributed by atoms with Crippen molar-refractivity contribution >= 4 is 11.6 Å². The zero-order chi connectivity index (χ0) is 13.7. The van der Waals surface area contributed by atoms with Gasteiger partial charge in [-0.1, -0.05) is 12.1 Å². The van der Waals surface area contributed by atoms with E-state index >= 15 is 0 Å². The first-order chi connectivity index (χ1) is 9.15. The van der Waals surface area contributed by atoms with Crippen molar-refractivity contribution in [2.24, 2.45) is 0 Å². The van der Waals surface area contributed by atoms with E-state index in [-0.39, 0.29) is 11.9 Å². The van der Waals surface area contributed by atoms with Crippen LogP contribution in [0.4, 0.5) is 5.69 Å². The highest BCUT2D eigenvalue weighted by molar-refractivity contribution is 5.76. The number of anilines is 1. The van der Waals surface area contributed by atoms with Gasteiger partial charge in [0.1, 0.15) is 5.82 Å². The molecule has 2 rings (SSSR count). The highest BCUT2D eigenvalue weighted by Crippen LogP contribution is 2.09. The van der Waals surface area contributed by atoms with Gasteiger partial charge in [0, 0.05) is 24.5 Å². The minimum absolute atomic E-state index is 0.0146. The molecular weight excluding hydrogens is 240 g/mol.